The van der Waals surface area contributed by atoms with Gasteiger partial charge in [-0.05, 0) is 44.1 Å². The summed E-state index contributed by atoms with van der Waals surface area (Å²) >= 11 is 9.22. The Morgan fingerprint density at radius 1 is 1.38 bits per heavy atom. The van der Waals surface area contributed by atoms with Gasteiger partial charge in [-0.3, -0.25) is 0 Å². The van der Waals surface area contributed by atoms with Gasteiger partial charge in [-0.1, -0.05) is 12.2 Å². The summed E-state index contributed by atoms with van der Waals surface area (Å²) in [6.45, 7) is 3.20. The van der Waals surface area contributed by atoms with Crippen molar-refractivity contribution >= 4 is 40.7 Å². The van der Waals surface area contributed by atoms with E-state index in [0.717, 1.165) is 32.5 Å². The Hall–Kier alpha value is 0.510. The lowest BCUT2D eigenvalue weighted by atomic mass is 9.87. The molecule has 0 aromatic rings. The summed E-state index contributed by atoms with van der Waals surface area (Å²) in [5.74, 6) is 2.46. The summed E-state index contributed by atoms with van der Waals surface area (Å²) < 4.78 is 6.19. The van der Waals surface area contributed by atoms with Gasteiger partial charge in [-0.15, -0.1) is 0 Å². The molecule has 0 amide bonds. The van der Waals surface area contributed by atoms with Gasteiger partial charge in [-0.2, -0.15) is 23.5 Å². The zero-order chi connectivity index (χ0) is 14.9. The number of thiocarbonyl (C=S) groups is 1. The van der Waals surface area contributed by atoms with E-state index in [1.165, 1.54) is 30.8 Å². The average molecular weight is 347 g/mol. The predicted octanol–water partition coefficient (Wildman–Crippen LogP) is 2.52. The highest BCUT2D eigenvalue weighted by Gasteiger charge is 2.44. The van der Waals surface area contributed by atoms with Crippen LogP contribution in [0.5, 0.6) is 0 Å². The molecular weight excluding hydrogens is 320 g/mol. The molecule has 3 fully saturated rings. The van der Waals surface area contributed by atoms with Crippen LogP contribution < -0.4 is 5.73 Å². The van der Waals surface area contributed by atoms with Gasteiger partial charge in [0.2, 0.25) is 0 Å². The molecular formula is C15H26N2OS3. The van der Waals surface area contributed by atoms with Gasteiger partial charge >= 0.3 is 0 Å². The Morgan fingerprint density at radius 3 is 2.71 bits per heavy atom. The Bertz CT molecular complexity index is 390. The normalized spacial score (nSPS) is 36.9. The lowest BCUT2D eigenvalue weighted by Crippen LogP contribution is -2.55. The van der Waals surface area contributed by atoms with Crippen molar-refractivity contribution in [2.75, 3.05) is 37.5 Å². The predicted molar refractivity (Wildman–Crippen MR) is 97.5 cm³/mol. The molecule has 3 aliphatic rings. The van der Waals surface area contributed by atoms with Crippen molar-refractivity contribution in [2.24, 2.45) is 5.73 Å². The van der Waals surface area contributed by atoms with E-state index in [1.54, 1.807) is 0 Å². The number of piperidine rings is 1. The maximum atomic E-state index is 6.16. The largest absolute Gasteiger partial charge is 0.392 e. The Labute approximate surface area is 142 Å². The smallest absolute Gasteiger partial charge is 0.0891 e. The van der Waals surface area contributed by atoms with Gasteiger partial charge in [0.15, 0.2) is 0 Å². The maximum Gasteiger partial charge on any atom is 0.0891 e. The Morgan fingerprint density at radius 2 is 2.14 bits per heavy atom. The molecule has 0 radical (unpaired) electrons. The maximum absolute atomic E-state index is 6.16. The van der Waals surface area contributed by atoms with Crippen molar-refractivity contribution in [1.82, 2.24) is 4.90 Å². The van der Waals surface area contributed by atoms with Crippen LogP contribution in [0.1, 0.15) is 32.1 Å². The van der Waals surface area contributed by atoms with Gasteiger partial charge in [-0.25, -0.2) is 0 Å². The molecule has 120 valence electrons. The number of nitrogens with zero attached hydrogens (tertiary/aromatic N) is 1. The quantitative estimate of drug-likeness (QED) is 0.792. The van der Waals surface area contributed by atoms with E-state index in [-0.39, 0.29) is 10.3 Å². The molecule has 2 atom stereocenters. The zero-order valence-corrected chi connectivity index (χ0v) is 15.3. The highest BCUT2D eigenvalue weighted by atomic mass is 32.2. The van der Waals surface area contributed by atoms with Crippen LogP contribution >= 0.6 is 35.7 Å². The van der Waals surface area contributed by atoms with Crippen LogP contribution in [0.4, 0.5) is 0 Å². The van der Waals surface area contributed by atoms with Crippen molar-refractivity contribution in [3.05, 3.63) is 0 Å². The van der Waals surface area contributed by atoms with Crippen molar-refractivity contribution < 1.29 is 4.74 Å². The summed E-state index contributed by atoms with van der Waals surface area (Å²) in [7, 11) is 0. The first-order valence-corrected chi connectivity index (χ1v) is 10.7. The number of hydrogen-bond acceptors (Lipinski definition) is 5. The van der Waals surface area contributed by atoms with Crippen LogP contribution in [0.3, 0.4) is 0 Å². The number of nitrogens with two attached hydrogens (primary N) is 1. The van der Waals surface area contributed by atoms with Gasteiger partial charge in [0.05, 0.1) is 15.3 Å². The molecule has 1 spiro atoms. The highest BCUT2D eigenvalue weighted by Crippen LogP contribution is 2.41. The molecule has 3 rings (SSSR count). The van der Waals surface area contributed by atoms with Crippen LogP contribution in [-0.4, -0.2) is 63.7 Å². The van der Waals surface area contributed by atoms with Crippen LogP contribution in [-0.2, 0) is 4.74 Å². The Balaban J connectivity index is 1.60. The van der Waals surface area contributed by atoms with Crippen molar-refractivity contribution in [3.8, 4) is 0 Å². The summed E-state index contributed by atoms with van der Waals surface area (Å²) in [6.07, 6.45) is 7.99. The third-order valence-corrected chi connectivity index (χ3v) is 8.65. The van der Waals surface area contributed by atoms with Crippen LogP contribution in [0.25, 0.3) is 0 Å². The van der Waals surface area contributed by atoms with Crippen LogP contribution in [0, 0.1) is 0 Å². The molecule has 0 bridgehead atoms. The summed E-state index contributed by atoms with van der Waals surface area (Å²) in [5.41, 5.74) is 6.19. The van der Waals surface area contributed by atoms with E-state index < -0.39 is 0 Å². The lowest BCUT2D eigenvalue weighted by Gasteiger charge is -2.47. The minimum absolute atomic E-state index is 0.0396. The van der Waals surface area contributed by atoms with E-state index in [4.69, 9.17) is 22.7 Å². The lowest BCUT2D eigenvalue weighted by molar-refractivity contribution is -0.0917. The number of ether oxygens (including phenoxy) is 1. The van der Waals surface area contributed by atoms with Gasteiger partial charge in [0.1, 0.15) is 0 Å². The molecule has 3 nitrogen and oxygen atoms in total. The molecule has 0 aromatic heterocycles. The van der Waals surface area contributed by atoms with Crippen molar-refractivity contribution in [2.45, 2.75) is 48.5 Å². The van der Waals surface area contributed by atoms with E-state index in [9.17, 15) is 0 Å². The SMILES string of the molecule is CSC1(C(N)=S)CCN(C2CCOC3(CCSC3)C2)CC1. The minimum Gasteiger partial charge on any atom is -0.392 e. The van der Waals surface area contributed by atoms with Crippen LogP contribution in [0.2, 0.25) is 0 Å². The summed E-state index contributed by atoms with van der Waals surface area (Å²) in [5, 5.41) is 0. The molecule has 0 saturated carbocycles. The first kappa shape index (κ1) is 16.4. The molecule has 3 aliphatic heterocycles. The minimum atomic E-state index is 0.0396. The molecule has 6 heteroatoms. The number of likely N-dealkylation sites (tertiary alicyclic amines) is 1. The van der Waals surface area contributed by atoms with Crippen molar-refractivity contribution in [1.29, 1.82) is 0 Å². The van der Waals surface area contributed by atoms with Gasteiger partial charge < -0.3 is 15.4 Å². The van der Waals surface area contributed by atoms with E-state index in [2.05, 4.69) is 22.9 Å². The van der Waals surface area contributed by atoms with Gasteiger partial charge in [0, 0.05) is 31.5 Å². The second-order valence-corrected chi connectivity index (χ2v) is 9.31. The highest BCUT2D eigenvalue weighted by molar-refractivity contribution is 8.02. The second kappa shape index (κ2) is 6.56. The topological polar surface area (TPSA) is 38.5 Å². The van der Waals surface area contributed by atoms with E-state index in [1.807, 2.05) is 11.8 Å². The summed E-state index contributed by atoms with van der Waals surface area (Å²) in [6, 6.07) is 0.698. The standard InChI is InChI=1S/C15H26N2OS3/c1-20-15(13(16)19)3-6-17(7-4-15)12-2-8-18-14(10-12)5-9-21-11-14/h12H,2-11H2,1H3,(H2,16,19). The number of rotatable bonds is 3. The fraction of sp³-hybridized carbons (Fsp3) is 0.933. The van der Waals surface area contributed by atoms with Gasteiger partial charge in [0.25, 0.3) is 0 Å². The zero-order valence-electron chi connectivity index (χ0n) is 12.8. The number of thioether (sulfide) groups is 2. The molecule has 21 heavy (non-hydrogen) atoms. The molecule has 0 aliphatic carbocycles. The third-order valence-electron chi connectivity index (χ3n) is 5.50. The van der Waals surface area contributed by atoms with Crippen LogP contribution in [0.15, 0.2) is 0 Å². The molecule has 2 unspecified atom stereocenters. The first-order valence-electron chi connectivity index (χ1n) is 7.90. The molecule has 3 saturated heterocycles. The fourth-order valence-corrected chi connectivity index (χ4v) is 6.60. The molecule has 0 aromatic carbocycles. The third kappa shape index (κ3) is 3.25. The average Bonchev–Trinajstić information content (AvgIpc) is 2.95. The van der Waals surface area contributed by atoms with E-state index >= 15 is 0 Å². The Kier molecular flexibility index (Phi) is 5.11. The first-order chi connectivity index (χ1) is 10.1. The van der Waals surface area contributed by atoms with Crippen molar-refractivity contribution in [3.63, 3.8) is 0 Å². The fourth-order valence-electron chi connectivity index (χ4n) is 3.98. The summed E-state index contributed by atoms with van der Waals surface area (Å²) in [4.78, 5) is 3.38. The number of hydrogen-bond donors (Lipinski definition) is 1. The monoisotopic (exact) mass is 346 g/mol. The molecule has 2 N–H and O–H groups in total. The van der Waals surface area contributed by atoms with E-state index in [0.29, 0.717) is 11.0 Å². The molecule has 3 heterocycles. The second-order valence-electron chi connectivity index (χ2n) is 6.58.